The Morgan fingerprint density at radius 2 is 1.20 bits per heavy atom. The first-order valence-electron chi connectivity index (χ1n) is 18.7. The summed E-state index contributed by atoms with van der Waals surface area (Å²) >= 11 is 0. The maximum Gasteiger partial charge on any atom is 0.475 e. The predicted octanol–water partition coefficient (Wildman–Crippen LogP) is 5.26. The number of hydrogen-bond acceptors (Lipinski definition) is 14. The fraction of sp³-hybridized carbons (Fsp3) is 0.833. The summed E-state index contributed by atoms with van der Waals surface area (Å²) in [6.07, 6.45) is 5.06. The summed E-state index contributed by atoms with van der Waals surface area (Å²) in [7, 11) is -4.68. The molecule has 0 aromatic heterocycles. The lowest BCUT2D eigenvalue weighted by molar-refractivity contribution is -0.121. The average Bonchev–Trinajstić information content (AvgIpc) is 3.09. The second-order valence-electron chi connectivity index (χ2n) is 12.8. The van der Waals surface area contributed by atoms with Gasteiger partial charge in [-0.15, -0.1) is 13.2 Å². The van der Waals surface area contributed by atoms with Gasteiger partial charge in [-0.1, -0.05) is 26.0 Å². The Morgan fingerprint density at radius 3 is 1.61 bits per heavy atom. The van der Waals surface area contributed by atoms with Crippen molar-refractivity contribution in [2.75, 3.05) is 66.1 Å². The van der Waals surface area contributed by atoms with Crippen molar-refractivity contribution in [1.82, 2.24) is 15.3 Å². The summed E-state index contributed by atoms with van der Waals surface area (Å²) < 4.78 is 52.4. The molecule has 0 radical (unpaired) electrons. The van der Waals surface area contributed by atoms with Crippen LogP contribution in [-0.2, 0) is 46.2 Å². The van der Waals surface area contributed by atoms with E-state index in [4.69, 9.17) is 42.3 Å². The normalized spacial score (nSPS) is 15.1. The Labute approximate surface area is 327 Å². The van der Waals surface area contributed by atoms with Crippen molar-refractivity contribution in [2.24, 2.45) is 0 Å². The Hall–Kier alpha value is -1.36. The van der Waals surface area contributed by atoms with Gasteiger partial charge in [0.2, 0.25) is 11.8 Å². The molecule has 18 heteroatoms. The van der Waals surface area contributed by atoms with E-state index in [1.807, 2.05) is 6.92 Å². The van der Waals surface area contributed by atoms with Crippen molar-refractivity contribution in [3.05, 3.63) is 25.3 Å². The summed E-state index contributed by atoms with van der Waals surface area (Å²) in [5.41, 5.74) is 0. The number of phosphoric acid groups is 1. The second kappa shape index (κ2) is 37.2. The lowest BCUT2D eigenvalue weighted by atomic mass is 10.3. The number of carbonyl (C=O) groups is 2. The third kappa shape index (κ3) is 36.3. The molecule has 0 aliphatic heterocycles. The zero-order valence-corrected chi connectivity index (χ0v) is 36.5. The van der Waals surface area contributed by atoms with E-state index in [0.717, 1.165) is 13.0 Å². The quantitative estimate of drug-likeness (QED) is 0.0344. The van der Waals surface area contributed by atoms with Gasteiger partial charge < -0.3 is 44.5 Å². The molecule has 0 aliphatic rings. The minimum absolute atomic E-state index is 0.0245. The van der Waals surface area contributed by atoms with Crippen LogP contribution in [0.15, 0.2) is 25.3 Å². The van der Waals surface area contributed by atoms with Crippen molar-refractivity contribution >= 4 is 28.2 Å². The van der Waals surface area contributed by atoms with E-state index in [-0.39, 0.29) is 63.6 Å². The van der Waals surface area contributed by atoms with E-state index in [1.165, 1.54) is 19.9 Å². The minimum Gasteiger partial charge on any atom is -0.394 e. The largest absolute Gasteiger partial charge is 0.475 e. The molecule has 6 atom stereocenters. The number of nitrogens with one attached hydrogen (secondary N) is 2. The number of nitrogens with zero attached hydrogens (tertiary/aromatic N) is 1. The summed E-state index contributed by atoms with van der Waals surface area (Å²) in [6, 6.07) is -0.0237. The highest BCUT2D eigenvalue weighted by atomic mass is 31.2. The minimum atomic E-state index is -3.72. The number of ether oxygens (including phenoxy) is 2. The summed E-state index contributed by atoms with van der Waals surface area (Å²) in [5.74, 6) is -0.456. The van der Waals surface area contributed by atoms with Crippen LogP contribution in [-0.4, -0.2) is 134 Å². The van der Waals surface area contributed by atoms with Crippen LogP contribution in [0.4, 0.5) is 0 Å². The highest BCUT2D eigenvalue weighted by molar-refractivity contribution is 7.48. The van der Waals surface area contributed by atoms with Crippen LogP contribution >= 0.6 is 16.3 Å². The van der Waals surface area contributed by atoms with Crippen LogP contribution in [0, 0.1) is 0 Å². The van der Waals surface area contributed by atoms with Crippen LogP contribution < -0.4 is 10.6 Å². The Bertz CT molecular complexity index is 970. The van der Waals surface area contributed by atoms with Gasteiger partial charge in [0, 0.05) is 39.1 Å². The molecule has 2 unspecified atom stereocenters. The van der Waals surface area contributed by atoms with Crippen molar-refractivity contribution in [1.29, 1.82) is 0 Å². The van der Waals surface area contributed by atoms with E-state index in [9.17, 15) is 19.3 Å². The monoisotopic (exact) mass is 819 g/mol. The lowest BCUT2D eigenvalue weighted by Crippen LogP contribution is -2.40. The predicted molar refractivity (Wildman–Crippen MR) is 214 cm³/mol. The molecule has 0 spiro atoms. The number of hydrogen-bond donors (Lipinski definition) is 5. The molecule has 0 aliphatic carbocycles. The summed E-state index contributed by atoms with van der Waals surface area (Å²) in [4.78, 5) is 21.9. The molecular formula is C36H75N3O13P2. The first kappa shape index (κ1) is 57.0. The molecule has 16 nitrogen and oxygen atoms in total. The van der Waals surface area contributed by atoms with Gasteiger partial charge in [-0.05, 0) is 67.2 Å². The van der Waals surface area contributed by atoms with Crippen molar-refractivity contribution in [2.45, 2.75) is 131 Å². The smallest absolute Gasteiger partial charge is 0.394 e. The maximum atomic E-state index is 12.4. The van der Waals surface area contributed by atoms with Gasteiger partial charge in [-0.2, -0.15) is 0 Å². The third-order valence-electron chi connectivity index (χ3n) is 6.23. The van der Waals surface area contributed by atoms with Gasteiger partial charge in [0.1, 0.15) is 0 Å². The fourth-order valence-electron chi connectivity index (χ4n) is 3.88. The molecule has 0 saturated heterocycles. The van der Waals surface area contributed by atoms with Gasteiger partial charge in [-0.25, -0.2) is 9.24 Å². The van der Waals surface area contributed by atoms with E-state index in [0.29, 0.717) is 51.2 Å². The van der Waals surface area contributed by atoms with E-state index in [1.54, 1.807) is 19.9 Å². The van der Waals surface area contributed by atoms with Crippen molar-refractivity contribution in [3.8, 4) is 0 Å². The topological polar surface area (TPSA) is 204 Å². The zero-order valence-electron chi connectivity index (χ0n) is 34.7. The van der Waals surface area contributed by atoms with Gasteiger partial charge in [-0.3, -0.25) is 23.2 Å². The lowest BCUT2D eigenvalue weighted by Gasteiger charge is -2.35. The van der Waals surface area contributed by atoms with Gasteiger partial charge >= 0.3 is 7.82 Å². The van der Waals surface area contributed by atoms with E-state index < -0.39 is 28.5 Å². The molecule has 54 heavy (non-hydrogen) atoms. The first-order valence-corrected chi connectivity index (χ1v) is 21.3. The average molecular weight is 820 g/mol. The van der Waals surface area contributed by atoms with Crippen LogP contribution in [0.3, 0.4) is 0 Å². The van der Waals surface area contributed by atoms with Crippen LogP contribution in [0.25, 0.3) is 0 Å². The molecule has 0 rings (SSSR count). The van der Waals surface area contributed by atoms with Crippen molar-refractivity contribution < 1.29 is 61.6 Å². The Kier molecular flexibility index (Phi) is 39.3. The van der Waals surface area contributed by atoms with Gasteiger partial charge in [0.05, 0.1) is 77.1 Å². The summed E-state index contributed by atoms with van der Waals surface area (Å²) in [6.45, 7) is 28.4. The van der Waals surface area contributed by atoms with Crippen LogP contribution in [0.2, 0.25) is 0 Å². The molecule has 0 bridgehead atoms. The molecule has 5 N–H and O–H groups in total. The molecule has 0 aromatic carbocycles. The number of aliphatic hydroxyl groups excluding tert-OH is 3. The zero-order chi connectivity index (χ0) is 42.0. The van der Waals surface area contributed by atoms with Crippen molar-refractivity contribution in [3.63, 3.8) is 0 Å². The second-order valence-corrected chi connectivity index (χ2v) is 15.9. The van der Waals surface area contributed by atoms with E-state index >= 15 is 0 Å². The van der Waals surface area contributed by atoms with Crippen LogP contribution in [0.1, 0.15) is 94.9 Å². The van der Waals surface area contributed by atoms with Gasteiger partial charge in [0.15, 0.2) is 0 Å². The van der Waals surface area contributed by atoms with Gasteiger partial charge in [0.25, 0.3) is 8.53 Å². The van der Waals surface area contributed by atoms with E-state index in [2.05, 4.69) is 63.1 Å². The molecule has 0 fully saturated rings. The standard InChI is InChI=1S/C15H30NO7P.C12H26NO2P.C9H19NO4/c1-5-8-21-24(19,22-9-6-2)23-12-15(16-14(4)18)11-20-10-7-13(3)17;1-7-9-14-16(15-10-8-2)13(11(3)4)12(5)6;1-7(12)3-4-14-6-9(5-11)10-8(2)13/h5,13,15,17H,1,6-12H2,2-4H3,(H,16,18);7,11-12H,1,8-10H2,2-6H3;7,9,11-12H,3-6H2,1-2H3,(H,10,13)/t13-,15-,24?;;7-,9+/m1.1/s1. The highest BCUT2D eigenvalue weighted by Gasteiger charge is 2.28. The molecule has 2 amide bonds. The maximum absolute atomic E-state index is 12.4. The number of amides is 2. The number of aliphatic hydroxyl groups is 3. The SMILES string of the molecule is C=CCOP(=O)(OCCC)OC[C@@H](COCC[C@@H](C)O)NC(C)=O.C=CCOP(OCCC)N(C(C)C)C(C)C.CC(=O)N[C@@H](CO)COCC[C@@H](C)O. The molecule has 322 valence electrons. The number of phosphoric ester groups is 1. The number of carbonyl (C=O) groups excluding carboxylic acids is 2. The number of rotatable bonds is 31. The van der Waals surface area contributed by atoms with Crippen LogP contribution in [0.5, 0.6) is 0 Å². The third-order valence-corrected chi connectivity index (χ3v) is 9.73. The Morgan fingerprint density at radius 1 is 0.722 bits per heavy atom. The molecule has 0 heterocycles. The fourth-order valence-corrected chi connectivity index (χ4v) is 6.82. The Balaban J connectivity index is -0.000000758. The first-order chi connectivity index (χ1) is 25.4. The summed E-state index contributed by atoms with van der Waals surface area (Å²) in [5, 5.41) is 32.1. The molecule has 0 saturated carbocycles. The molecular weight excluding hydrogens is 744 g/mol. The highest BCUT2D eigenvalue weighted by Crippen LogP contribution is 2.49. The molecule has 0 aromatic rings.